The standard InChI is InChI=1S/C20H32N6O/c1-6-15(7-2)18-12-17(27-25-18)14-24-20(21-8-3)23-13-16-10-9-11-22-19(16)26(4)5/h9-12,15H,6-8,13-14H2,1-5H3,(H2,21,23,24). The summed E-state index contributed by atoms with van der Waals surface area (Å²) in [4.78, 5) is 11.1. The van der Waals surface area contributed by atoms with Crippen molar-refractivity contribution in [2.24, 2.45) is 4.99 Å². The van der Waals surface area contributed by atoms with Crippen LogP contribution < -0.4 is 15.5 Å². The maximum atomic E-state index is 5.48. The highest BCUT2D eigenvalue weighted by Gasteiger charge is 2.13. The van der Waals surface area contributed by atoms with Crippen molar-refractivity contribution in [1.82, 2.24) is 20.8 Å². The number of aliphatic imine (C=N–C) groups is 1. The molecule has 0 aliphatic carbocycles. The smallest absolute Gasteiger partial charge is 0.191 e. The van der Waals surface area contributed by atoms with Crippen LogP contribution in [0.1, 0.15) is 56.5 Å². The van der Waals surface area contributed by atoms with Crippen LogP contribution in [0, 0.1) is 0 Å². The first-order valence-electron chi connectivity index (χ1n) is 9.67. The average Bonchev–Trinajstić information content (AvgIpc) is 3.14. The molecule has 0 aromatic carbocycles. The molecule has 0 spiro atoms. The van der Waals surface area contributed by atoms with Crippen LogP contribution in [0.15, 0.2) is 33.9 Å². The largest absolute Gasteiger partial charge is 0.362 e. The Bertz CT molecular complexity index is 721. The minimum atomic E-state index is 0.458. The van der Waals surface area contributed by atoms with E-state index in [0.717, 1.165) is 48.2 Å². The highest BCUT2D eigenvalue weighted by atomic mass is 16.5. The molecule has 0 fully saturated rings. The summed E-state index contributed by atoms with van der Waals surface area (Å²) in [5, 5.41) is 10.8. The van der Waals surface area contributed by atoms with Gasteiger partial charge in [-0.2, -0.15) is 0 Å². The number of nitrogens with one attached hydrogen (secondary N) is 2. The van der Waals surface area contributed by atoms with Gasteiger partial charge in [-0.05, 0) is 25.8 Å². The molecule has 0 unspecified atom stereocenters. The molecule has 27 heavy (non-hydrogen) atoms. The van der Waals surface area contributed by atoms with Crippen molar-refractivity contribution in [2.45, 2.75) is 52.6 Å². The summed E-state index contributed by atoms with van der Waals surface area (Å²) in [5.74, 6) is 2.95. The van der Waals surface area contributed by atoms with Gasteiger partial charge in [0.25, 0.3) is 0 Å². The van der Waals surface area contributed by atoms with Crippen molar-refractivity contribution in [3.8, 4) is 0 Å². The van der Waals surface area contributed by atoms with E-state index in [0.29, 0.717) is 19.0 Å². The zero-order chi connectivity index (χ0) is 19.6. The zero-order valence-corrected chi connectivity index (χ0v) is 17.1. The minimum Gasteiger partial charge on any atom is -0.362 e. The van der Waals surface area contributed by atoms with Crippen molar-refractivity contribution in [1.29, 1.82) is 0 Å². The summed E-state index contributed by atoms with van der Waals surface area (Å²) < 4.78 is 5.48. The van der Waals surface area contributed by atoms with Gasteiger partial charge in [-0.15, -0.1) is 0 Å². The highest BCUT2D eigenvalue weighted by Crippen LogP contribution is 2.22. The second-order valence-electron chi connectivity index (χ2n) is 6.66. The van der Waals surface area contributed by atoms with Crippen LogP contribution in [-0.4, -0.2) is 36.7 Å². The van der Waals surface area contributed by atoms with Crippen LogP contribution in [0.4, 0.5) is 5.82 Å². The molecule has 0 saturated heterocycles. The second-order valence-corrected chi connectivity index (χ2v) is 6.66. The lowest BCUT2D eigenvalue weighted by Crippen LogP contribution is -2.36. The Morgan fingerprint density at radius 1 is 1.22 bits per heavy atom. The third-order valence-corrected chi connectivity index (χ3v) is 4.45. The topological polar surface area (TPSA) is 78.6 Å². The molecule has 2 heterocycles. The van der Waals surface area contributed by atoms with E-state index in [2.05, 4.69) is 39.6 Å². The summed E-state index contributed by atoms with van der Waals surface area (Å²) in [6, 6.07) is 6.03. The molecule has 2 aromatic rings. The number of aromatic nitrogens is 2. The maximum absolute atomic E-state index is 5.48. The van der Waals surface area contributed by atoms with Gasteiger partial charge in [-0.25, -0.2) is 9.98 Å². The second kappa shape index (κ2) is 10.5. The monoisotopic (exact) mass is 372 g/mol. The van der Waals surface area contributed by atoms with E-state index in [1.54, 1.807) is 6.20 Å². The number of pyridine rings is 1. The third-order valence-electron chi connectivity index (χ3n) is 4.45. The van der Waals surface area contributed by atoms with Crippen LogP contribution in [0.2, 0.25) is 0 Å². The van der Waals surface area contributed by atoms with E-state index in [9.17, 15) is 0 Å². The fourth-order valence-electron chi connectivity index (χ4n) is 2.94. The lowest BCUT2D eigenvalue weighted by atomic mass is 9.99. The van der Waals surface area contributed by atoms with Gasteiger partial charge in [0, 0.05) is 44.4 Å². The molecular formula is C20H32N6O. The number of rotatable bonds is 9. The summed E-state index contributed by atoms with van der Waals surface area (Å²) in [7, 11) is 3.97. The Kier molecular flexibility index (Phi) is 8.10. The lowest BCUT2D eigenvalue weighted by Gasteiger charge is -2.15. The molecule has 7 heteroatoms. The normalized spacial score (nSPS) is 11.7. The van der Waals surface area contributed by atoms with Gasteiger partial charge in [0.05, 0.1) is 18.8 Å². The first-order valence-corrected chi connectivity index (χ1v) is 9.67. The van der Waals surface area contributed by atoms with E-state index < -0.39 is 0 Å². The van der Waals surface area contributed by atoms with Gasteiger partial charge in [0.2, 0.25) is 0 Å². The number of hydrogen-bond acceptors (Lipinski definition) is 5. The summed E-state index contributed by atoms with van der Waals surface area (Å²) in [6.07, 6.45) is 3.94. The first-order chi connectivity index (χ1) is 13.1. The van der Waals surface area contributed by atoms with E-state index >= 15 is 0 Å². The van der Waals surface area contributed by atoms with Gasteiger partial charge in [-0.1, -0.05) is 25.1 Å². The lowest BCUT2D eigenvalue weighted by molar-refractivity contribution is 0.368. The Balaban J connectivity index is 2.02. The molecule has 148 valence electrons. The predicted octanol–water partition coefficient (Wildman–Crippen LogP) is 3.29. The number of anilines is 1. The van der Waals surface area contributed by atoms with Crippen LogP contribution in [0.5, 0.6) is 0 Å². The Hall–Kier alpha value is -2.57. The molecule has 0 aliphatic rings. The first kappa shape index (κ1) is 20.7. The van der Waals surface area contributed by atoms with Crippen molar-refractivity contribution in [3.63, 3.8) is 0 Å². The number of hydrogen-bond donors (Lipinski definition) is 2. The highest BCUT2D eigenvalue weighted by molar-refractivity contribution is 5.79. The van der Waals surface area contributed by atoms with Crippen LogP contribution in [0.3, 0.4) is 0 Å². The molecule has 0 atom stereocenters. The van der Waals surface area contributed by atoms with E-state index in [-0.39, 0.29) is 0 Å². The molecule has 0 bridgehead atoms. The van der Waals surface area contributed by atoms with Gasteiger partial charge < -0.3 is 20.1 Å². The van der Waals surface area contributed by atoms with Gasteiger partial charge in [-0.3, -0.25) is 0 Å². The van der Waals surface area contributed by atoms with Crippen molar-refractivity contribution in [3.05, 3.63) is 41.4 Å². The van der Waals surface area contributed by atoms with E-state index in [1.807, 2.05) is 44.1 Å². The molecule has 2 N–H and O–H groups in total. The molecule has 2 rings (SSSR count). The van der Waals surface area contributed by atoms with Crippen molar-refractivity contribution < 1.29 is 4.52 Å². The molecule has 2 aromatic heterocycles. The molecular weight excluding hydrogens is 340 g/mol. The zero-order valence-electron chi connectivity index (χ0n) is 17.1. The van der Waals surface area contributed by atoms with E-state index in [4.69, 9.17) is 4.52 Å². The van der Waals surface area contributed by atoms with Gasteiger partial charge in [0.1, 0.15) is 5.82 Å². The molecule has 7 nitrogen and oxygen atoms in total. The maximum Gasteiger partial charge on any atom is 0.191 e. The fraction of sp³-hybridized carbons (Fsp3) is 0.550. The van der Waals surface area contributed by atoms with E-state index in [1.165, 1.54) is 0 Å². The van der Waals surface area contributed by atoms with Crippen molar-refractivity contribution >= 4 is 11.8 Å². The van der Waals surface area contributed by atoms with Gasteiger partial charge in [0.15, 0.2) is 11.7 Å². The summed E-state index contributed by atoms with van der Waals surface area (Å²) >= 11 is 0. The third kappa shape index (κ3) is 5.98. The molecule has 0 saturated carbocycles. The number of nitrogens with zero attached hydrogens (tertiary/aromatic N) is 4. The molecule has 0 radical (unpaired) electrons. The van der Waals surface area contributed by atoms with Gasteiger partial charge >= 0.3 is 0 Å². The number of guanidine groups is 1. The van der Waals surface area contributed by atoms with Crippen LogP contribution in [-0.2, 0) is 13.1 Å². The van der Waals surface area contributed by atoms with Crippen molar-refractivity contribution in [2.75, 3.05) is 25.5 Å². The van der Waals surface area contributed by atoms with Crippen LogP contribution >= 0.6 is 0 Å². The Morgan fingerprint density at radius 2 is 2.00 bits per heavy atom. The average molecular weight is 373 g/mol. The predicted molar refractivity (Wildman–Crippen MR) is 110 cm³/mol. The quantitative estimate of drug-likeness (QED) is 0.519. The molecule has 0 aliphatic heterocycles. The summed E-state index contributed by atoms with van der Waals surface area (Å²) in [6.45, 7) is 8.29. The fourth-order valence-corrected chi connectivity index (χ4v) is 2.94. The Labute approximate surface area is 162 Å². The minimum absolute atomic E-state index is 0.458. The summed E-state index contributed by atoms with van der Waals surface area (Å²) in [5.41, 5.74) is 2.11. The molecule has 0 amide bonds. The Morgan fingerprint density at radius 3 is 2.67 bits per heavy atom. The van der Waals surface area contributed by atoms with Crippen LogP contribution in [0.25, 0.3) is 0 Å². The SMILES string of the molecule is CCNC(=NCc1cccnc1N(C)C)NCc1cc(C(CC)CC)no1.